The zero-order valence-corrected chi connectivity index (χ0v) is 17.5. The summed E-state index contributed by atoms with van der Waals surface area (Å²) in [5, 5.41) is 3.20. The number of hydrogen-bond donors (Lipinski definition) is 1. The Balaban J connectivity index is 1.43. The molecule has 1 amide bonds. The van der Waals surface area contributed by atoms with Gasteiger partial charge >= 0.3 is 6.29 Å². The van der Waals surface area contributed by atoms with E-state index < -0.39 is 29.8 Å². The smallest absolute Gasteiger partial charge is 0.481 e. The van der Waals surface area contributed by atoms with Crippen molar-refractivity contribution < 1.29 is 36.6 Å². The minimum Gasteiger partial charge on any atom is -0.481 e. The van der Waals surface area contributed by atoms with E-state index in [-0.39, 0.29) is 29.6 Å². The molecular weight excluding hydrogens is 454 g/mol. The maximum absolute atomic E-state index is 13.8. The molecule has 1 saturated carbocycles. The van der Waals surface area contributed by atoms with Crippen LogP contribution in [0.15, 0.2) is 36.4 Å². The van der Waals surface area contributed by atoms with Gasteiger partial charge in [0.25, 0.3) is 6.43 Å². The van der Waals surface area contributed by atoms with Crippen LogP contribution < -0.4 is 19.5 Å². The molecule has 5 rings (SSSR count). The van der Waals surface area contributed by atoms with E-state index in [0.29, 0.717) is 29.0 Å². The standard InChI is InChI=1S/C22H18ClF4NO4/c1-20(18(24)25)10-14(13-4-3-12(23)9-16(13)30-20)28-19(29)21(6-7-21)11-2-5-15-17(8-11)32-22(26,27)31-15/h2-5,8-9,14,18H,6-7,10H2,1H3,(H,28,29)/t14-,20-/m1/s1. The van der Waals surface area contributed by atoms with Gasteiger partial charge in [0.2, 0.25) is 5.91 Å². The first-order valence-corrected chi connectivity index (χ1v) is 10.4. The summed E-state index contributed by atoms with van der Waals surface area (Å²) >= 11 is 6.00. The first-order valence-electron chi connectivity index (χ1n) is 9.99. The number of carbonyl (C=O) groups is 1. The first-order chi connectivity index (χ1) is 15.0. The van der Waals surface area contributed by atoms with Crippen molar-refractivity contribution in [3.05, 3.63) is 52.5 Å². The fourth-order valence-corrected chi connectivity index (χ4v) is 4.43. The van der Waals surface area contributed by atoms with Crippen LogP contribution in [0.25, 0.3) is 0 Å². The summed E-state index contributed by atoms with van der Waals surface area (Å²) in [6.45, 7) is 1.28. The molecule has 0 radical (unpaired) electrons. The van der Waals surface area contributed by atoms with E-state index in [1.54, 1.807) is 12.1 Å². The number of benzene rings is 2. The molecule has 2 heterocycles. The van der Waals surface area contributed by atoms with Gasteiger partial charge in [-0.25, -0.2) is 8.78 Å². The summed E-state index contributed by atoms with van der Waals surface area (Å²) in [5.41, 5.74) is -1.73. The Morgan fingerprint density at radius 3 is 2.47 bits per heavy atom. The summed E-state index contributed by atoms with van der Waals surface area (Å²) < 4.78 is 68.7. The molecule has 5 nitrogen and oxygen atoms in total. The van der Waals surface area contributed by atoms with E-state index in [4.69, 9.17) is 16.3 Å². The molecule has 32 heavy (non-hydrogen) atoms. The lowest BCUT2D eigenvalue weighted by Crippen LogP contribution is -2.49. The molecule has 1 aliphatic carbocycles. The van der Waals surface area contributed by atoms with Gasteiger partial charge in [0, 0.05) is 17.0 Å². The van der Waals surface area contributed by atoms with Gasteiger partial charge in [-0.3, -0.25) is 4.79 Å². The van der Waals surface area contributed by atoms with Crippen molar-refractivity contribution in [2.45, 2.75) is 56.0 Å². The third-order valence-corrected chi connectivity index (χ3v) is 6.44. The molecular formula is C22H18ClF4NO4. The Morgan fingerprint density at radius 2 is 1.78 bits per heavy atom. The highest BCUT2D eigenvalue weighted by Crippen LogP contribution is 2.53. The number of carbonyl (C=O) groups excluding carboxylic acids is 1. The maximum atomic E-state index is 13.8. The second-order valence-corrected chi connectivity index (χ2v) is 8.98. The van der Waals surface area contributed by atoms with Crippen molar-refractivity contribution in [1.29, 1.82) is 0 Å². The molecule has 0 aromatic heterocycles. The number of halogens is 5. The molecule has 0 saturated heterocycles. The zero-order chi connectivity index (χ0) is 22.9. The Bertz CT molecular complexity index is 1110. The van der Waals surface area contributed by atoms with Crippen molar-refractivity contribution in [2.75, 3.05) is 0 Å². The minimum atomic E-state index is -3.76. The second kappa shape index (κ2) is 6.91. The molecule has 1 fully saturated rings. The van der Waals surface area contributed by atoms with E-state index in [1.807, 2.05) is 0 Å². The lowest BCUT2D eigenvalue weighted by atomic mass is 9.87. The van der Waals surface area contributed by atoms with Gasteiger partial charge in [0.15, 0.2) is 17.1 Å². The normalized spacial score (nSPS) is 26.3. The lowest BCUT2D eigenvalue weighted by molar-refractivity contribution is -0.286. The van der Waals surface area contributed by atoms with Gasteiger partial charge in [0.1, 0.15) is 5.75 Å². The molecule has 0 unspecified atom stereocenters. The molecule has 2 aromatic carbocycles. The van der Waals surface area contributed by atoms with Crippen LogP contribution in [-0.2, 0) is 10.2 Å². The molecule has 170 valence electrons. The van der Waals surface area contributed by atoms with Crippen LogP contribution in [0.1, 0.15) is 43.4 Å². The first kappa shape index (κ1) is 21.2. The quantitative estimate of drug-likeness (QED) is 0.610. The monoisotopic (exact) mass is 471 g/mol. The van der Waals surface area contributed by atoms with Crippen molar-refractivity contribution in [3.8, 4) is 17.2 Å². The number of hydrogen-bond acceptors (Lipinski definition) is 4. The number of alkyl halides is 4. The predicted octanol–water partition coefficient (Wildman–Crippen LogP) is 5.36. The van der Waals surface area contributed by atoms with Crippen LogP contribution in [0.3, 0.4) is 0 Å². The van der Waals surface area contributed by atoms with Gasteiger partial charge in [0.05, 0.1) is 11.5 Å². The Labute approximate surface area is 185 Å². The molecule has 0 bridgehead atoms. The van der Waals surface area contributed by atoms with E-state index >= 15 is 0 Å². The molecule has 0 spiro atoms. The van der Waals surface area contributed by atoms with Gasteiger partial charge in [-0.1, -0.05) is 23.7 Å². The summed E-state index contributed by atoms with van der Waals surface area (Å²) in [4.78, 5) is 13.3. The highest BCUT2D eigenvalue weighted by atomic mass is 35.5. The van der Waals surface area contributed by atoms with Crippen LogP contribution in [-0.4, -0.2) is 24.2 Å². The van der Waals surface area contributed by atoms with Crippen LogP contribution in [0.4, 0.5) is 17.6 Å². The third kappa shape index (κ3) is 3.43. The molecule has 2 aromatic rings. The lowest BCUT2D eigenvalue weighted by Gasteiger charge is -2.40. The number of nitrogens with one attached hydrogen (secondary N) is 1. The predicted molar refractivity (Wildman–Crippen MR) is 106 cm³/mol. The fourth-order valence-electron chi connectivity index (χ4n) is 4.27. The minimum absolute atomic E-state index is 0.113. The summed E-state index contributed by atoms with van der Waals surface area (Å²) in [6.07, 6.45) is -5.73. The second-order valence-electron chi connectivity index (χ2n) is 8.54. The van der Waals surface area contributed by atoms with Crippen LogP contribution in [0, 0.1) is 0 Å². The Morgan fingerprint density at radius 1 is 1.06 bits per heavy atom. The number of rotatable bonds is 4. The number of fused-ring (bicyclic) bond motifs is 2. The highest BCUT2D eigenvalue weighted by molar-refractivity contribution is 6.30. The Kier molecular flexibility index (Phi) is 4.57. The van der Waals surface area contributed by atoms with E-state index in [1.165, 1.54) is 31.2 Å². The van der Waals surface area contributed by atoms with E-state index in [9.17, 15) is 22.4 Å². The van der Waals surface area contributed by atoms with Crippen molar-refractivity contribution >= 4 is 17.5 Å². The van der Waals surface area contributed by atoms with Crippen LogP contribution in [0.2, 0.25) is 5.02 Å². The maximum Gasteiger partial charge on any atom is 0.586 e. The van der Waals surface area contributed by atoms with Crippen molar-refractivity contribution in [3.63, 3.8) is 0 Å². The van der Waals surface area contributed by atoms with Gasteiger partial charge in [-0.05, 0) is 49.6 Å². The molecule has 3 aliphatic rings. The van der Waals surface area contributed by atoms with Crippen LogP contribution >= 0.6 is 11.6 Å². The van der Waals surface area contributed by atoms with E-state index in [0.717, 1.165) is 0 Å². The third-order valence-electron chi connectivity index (χ3n) is 6.21. The summed E-state index contributed by atoms with van der Waals surface area (Å²) in [7, 11) is 0. The summed E-state index contributed by atoms with van der Waals surface area (Å²) in [5.74, 6) is -0.458. The SMILES string of the molecule is C[C@]1(C(F)F)C[C@@H](NC(=O)C2(c3ccc4c(c3)OC(F)(F)O4)CC2)c2ccc(Cl)cc2O1. The average molecular weight is 472 g/mol. The molecule has 2 atom stereocenters. The molecule has 1 N–H and O–H groups in total. The van der Waals surface area contributed by atoms with Crippen molar-refractivity contribution in [1.82, 2.24) is 5.32 Å². The van der Waals surface area contributed by atoms with Gasteiger partial charge in [-0.15, -0.1) is 8.78 Å². The number of ether oxygens (including phenoxy) is 3. The zero-order valence-electron chi connectivity index (χ0n) is 16.8. The average Bonchev–Trinajstić information content (AvgIpc) is 3.44. The van der Waals surface area contributed by atoms with Gasteiger partial charge in [-0.2, -0.15) is 0 Å². The number of amides is 1. The molecule has 2 aliphatic heterocycles. The van der Waals surface area contributed by atoms with Crippen molar-refractivity contribution in [2.24, 2.45) is 0 Å². The molecule has 10 heteroatoms. The Hall–Kier alpha value is -2.68. The largest absolute Gasteiger partial charge is 0.586 e. The summed E-state index contributed by atoms with van der Waals surface area (Å²) in [6, 6.07) is 8.17. The fraction of sp³-hybridized carbons (Fsp3) is 0.409. The van der Waals surface area contributed by atoms with Crippen LogP contribution in [0.5, 0.6) is 17.2 Å². The topological polar surface area (TPSA) is 56.8 Å². The van der Waals surface area contributed by atoms with Gasteiger partial charge < -0.3 is 19.5 Å². The highest BCUT2D eigenvalue weighted by Gasteiger charge is 2.54. The van der Waals surface area contributed by atoms with E-state index in [2.05, 4.69) is 14.8 Å².